The lowest BCUT2D eigenvalue weighted by molar-refractivity contribution is 0.231. The molecule has 0 aliphatic heterocycles. The van der Waals surface area contributed by atoms with Gasteiger partial charge < -0.3 is 19.8 Å². The number of amides is 2. The highest BCUT2D eigenvalue weighted by atomic mass is 16.5. The molecule has 1 aromatic heterocycles. The number of nitrogens with one attached hydrogen (secondary N) is 2. The maximum Gasteiger partial charge on any atom is 0.315 e. The molecule has 0 radical (unpaired) electrons. The van der Waals surface area contributed by atoms with Crippen LogP contribution in [0.1, 0.15) is 44.1 Å². The van der Waals surface area contributed by atoms with Crippen LogP contribution in [0.15, 0.2) is 47.1 Å². The van der Waals surface area contributed by atoms with E-state index >= 15 is 0 Å². The number of carbonyl (C=O) groups excluding carboxylic acids is 1. The summed E-state index contributed by atoms with van der Waals surface area (Å²) < 4.78 is 11.0. The highest BCUT2D eigenvalue weighted by Crippen LogP contribution is 2.25. The van der Waals surface area contributed by atoms with Crippen LogP contribution in [0.25, 0.3) is 0 Å². The SMILES string of the molecule is CC(C)c1ccccc1OCCNC(=O)NC(C)c1ccco1. The van der Waals surface area contributed by atoms with Gasteiger partial charge in [-0.15, -0.1) is 0 Å². The van der Waals surface area contributed by atoms with Crippen LogP contribution in [0.3, 0.4) is 0 Å². The maximum atomic E-state index is 11.8. The Balaban J connectivity index is 1.72. The molecular formula is C18H24N2O3. The molecule has 23 heavy (non-hydrogen) atoms. The van der Waals surface area contributed by atoms with Gasteiger partial charge in [-0.05, 0) is 36.6 Å². The van der Waals surface area contributed by atoms with Crippen molar-refractivity contribution in [2.45, 2.75) is 32.7 Å². The van der Waals surface area contributed by atoms with Crippen LogP contribution in [0, 0.1) is 0 Å². The van der Waals surface area contributed by atoms with Crippen molar-refractivity contribution in [2.75, 3.05) is 13.2 Å². The minimum absolute atomic E-state index is 0.174. The predicted octanol–water partition coefficient (Wildman–Crippen LogP) is 3.84. The van der Waals surface area contributed by atoms with Gasteiger partial charge >= 0.3 is 6.03 Å². The molecule has 0 fully saturated rings. The molecule has 2 N–H and O–H groups in total. The topological polar surface area (TPSA) is 63.5 Å². The number of furan rings is 1. The van der Waals surface area contributed by atoms with Crippen molar-refractivity contribution in [1.82, 2.24) is 10.6 Å². The molecule has 1 unspecified atom stereocenters. The van der Waals surface area contributed by atoms with Gasteiger partial charge in [0.15, 0.2) is 0 Å². The summed E-state index contributed by atoms with van der Waals surface area (Å²) >= 11 is 0. The Morgan fingerprint density at radius 1 is 1.17 bits per heavy atom. The van der Waals surface area contributed by atoms with Crippen molar-refractivity contribution < 1.29 is 13.9 Å². The minimum Gasteiger partial charge on any atom is -0.491 e. The summed E-state index contributed by atoms with van der Waals surface area (Å²) in [6.07, 6.45) is 1.59. The van der Waals surface area contributed by atoms with Gasteiger partial charge in [-0.25, -0.2) is 4.79 Å². The summed E-state index contributed by atoms with van der Waals surface area (Å²) in [6, 6.07) is 11.2. The second-order valence-corrected chi connectivity index (χ2v) is 5.68. The Morgan fingerprint density at radius 3 is 2.65 bits per heavy atom. The molecule has 0 saturated heterocycles. The Hall–Kier alpha value is -2.43. The maximum absolute atomic E-state index is 11.8. The first-order valence-corrected chi connectivity index (χ1v) is 7.87. The normalized spacial score (nSPS) is 12.0. The molecule has 0 bridgehead atoms. The van der Waals surface area contributed by atoms with E-state index in [0.29, 0.717) is 19.1 Å². The number of carbonyl (C=O) groups is 1. The predicted molar refractivity (Wildman–Crippen MR) is 89.7 cm³/mol. The van der Waals surface area contributed by atoms with Crippen LogP contribution >= 0.6 is 0 Å². The molecular weight excluding hydrogens is 292 g/mol. The minimum atomic E-state index is -0.241. The smallest absolute Gasteiger partial charge is 0.315 e. The van der Waals surface area contributed by atoms with E-state index in [1.54, 1.807) is 12.3 Å². The van der Waals surface area contributed by atoms with Gasteiger partial charge in [0.25, 0.3) is 0 Å². The summed E-state index contributed by atoms with van der Waals surface area (Å²) in [5.41, 5.74) is 1.17. The quantitative estimate of drug-likeness (QED) is 0.763. The van der Waals surface area contributed by atoms with Gasteiger partial charge in [0.2, 0.25) is 0 Å². The van der Waals surface area contributed by atoms with E-state index in [4.69, 9.17) is 9.15 Å². The van der Waals surface area contributed by atoms with Gasteiger partial charge in [-0.3, -0.25) is 0 Å². The molecule has 2 amide bonds. The highest BCUT2D eigenvalue weighted by molar-refractivity contribution is 5.74. The third kappa shape index (κ3) is 5.06. The van der Waals surface area contributed by atoms with Crippen LogP contribution in [-0.4, -0.2) is 19.2 Å². The summed E-state index contributed by atoms with van der Waals surface area (Å²) in [6.45, 7) is 6.98. The number of rotatable bonds is 7. The van der Waals surface area contributed by atoms with Gasteiger partial charge in [0.05, 0.1) is 18.8 Å². The number of benzene rings is 1. The van der Waals surface area contributed by atoms with Crippen LogP contribution in [-0.2, 0) is 0 Å². The van der Waals surface area contributed by atoms with Gasteiger partial charge in [-0.2, -0.15) is 0 Å². The van der Waals surface area contributed by atoms with E-state index in [1.165, 1.54) is 5.56 Å². The number of hydrogen-bond donors (Lipinski definition) is 2. The molecule has 0 aliphatic carbocycles. The zero-order valence-corrected chi connectivity index (χ0v) is 13.8. The number of ether oxygens (including phenoxy) is 1. The molecule has 5 nitrogen and oxygen atoms in total. The van der Waals surface area contributed by atoms with E-state index in [0.717, 1.165) is 11.5 Å². The van der Waals surface area contributed by atoms with Crippen molar-refractivity contribution in [3.63, 3.8) is 0 Å². The summed E-state index contributed by atoms with van der Waals surface area (Å²) in [4.78, 5) is 11.8. The Labute approximate surface area is 137 Å². The Bertz CT molecular complexity index is 608. The van der Waals surface area contributed by atoms with Gasteiger partial charge in [0.1, 0.15) is 18.1 Å². The first-order valence-electron chi connectivity index (χ1n) is 7.87. The van der Waals surface area contributed by atoms with Crippen molar-refractivity contribution in [3.05, 3.63) is 54.0 Å². The standard InChI is InChI=1S/C18H24N2O3/c1-13(2)15-7-4-5-8-17(15)23-12-10-19-18(21)20-14(3)16-9-6-11-22-16/h4-9,11,13-14H,10,12H2,1-3H3,(H2,19,20,21). The van der Waals surface area contributed by atoms with Crippen LogP contribution in [0.5, 0.6) is 5.75 Å². The van der Waals surface area contributed by atoms with E-state index in [2.05, 4.69) is 30.5 Å². The average molecular weight is 316 g/mol. The molecule has 5 heteroatoms. The highest BCUT2D eigenvalue weighted by Gasteiger charge is 2.11. The van der Waals surface area contributed by atoms with Crippen LogP contribution in [0.4, 0.5) is 4.79 Å². The molecule has 0 spiro atoms. The lowest BCUT2D eigenvalue weighted by atomic mass is 10.0. The first kappa shape index (κ1) is 16.9. The van der Waals surface area contributed by atoms with Crippen molar-refractivity contribution in [2.24, 2.45) is 0 Å². The molecule has 1 heterocycles. The number of urea groups is 1. The van der Waals surface area contributed by atoms with Gasteiger partial charge in [-0.1, -0.05) is 32.0 Å². The third-order valence-electron chi connectivity index (χ3n) is 3.50. The third-order valence-corrected chi connectivity index (χ3v) is 3.50. The lowest BCUT2D eigenvalue weighted by Crippen LogP contribution is -2.38. The summed E-state index contributed by atoms with van der Waals surface area (Å²) in [5.74, 6) is 1.99. The van der Waals surface area contributed by atoms with E-state index in [1.807, 2.05) is 31.2 Å². The lowest BCUT2D eigenvalue weighted by Gasteiger charge is -2.15. The molecule has 2 aromatic rings. The van der Waals surface area contributed by atoms with Gasteiger partial charge in [0, 0.05) is 0 Å². The number of para-hydroxylation sites is 1. The monoisotopic (exact) mass is 316 g/mol. The van der Waals surface area contributed by atoms with Crippen molar-refractivity contribution >= 4 is 6.03 Å². The van der Waals surface area contributed by atoms with Crippen molar-refractivity contribution in [3.8, 4) is 5.75 Å². The van der Waals surface area contributed by atoms with E-state index < -0.39 is 0 Å². The summed E-state index contributed by atoms with van der Waals surface area (Å²) in [7, 11) is 0. The molecule has 1 atom stereocenters. The van der Waals surface area contributed by atoms with Crippen LogP contribution < -0.4 is 15.4 Å². The van der Waals surface area contributed by atoms with Crippen LogP contribution in [0.2, 0.25) is 0 Å². The second kappa shape index (κ2) is 8.27. The molecule has 0 saturated carbocycles. The fraction of sp³-hybridized carbons (Fsp3) is 0.389. The Morgan fingerprint density at radius 2 is 1.96 bits per heavy atom. The zero-order chi connectivity index (χ0) is 16.7. The molecule has 1 aromatic carbocycles. The average Bonchev–Trinajstić information content (AvgIpc) is 3.06. The zero-order valence-electron chi connectivity index (χ0n) is 13.8. The van der Waals surface area contributed by atoms with E-state index in [-0.39, 0.29) is 12.1 Å². The second-order valence-electron chi connectivity index (χ2n) is 5.68. The largest absolute Gasteiger partial charge is 0.491 e. The fourth-order valence-electron chi connectivity index (χ4n) is 2.27. The molecule has 0 aliphatic rings. The number of hydrogen-bond acceptors (Lipinski definition) is 3. The van der Waals surface area contributed by atoms with Crippen molar-refractivity contribution in [1.29, 1.82) is 0 Å². The Kier molecular flexibility index (Phi) is 6.09. The fourth-order valence-corrected chi connectivity index (χ4v) is 2.27. The molecule has 124 valence electrons. The van der Waals surface area contributed by atoms with E-state index in [9.17, 15) is 4.79 Å². The first-order chi connectivity index (χ1) is 11.1. The molecule has 2 rings (SSSR count). The summed E-state index contributed by atoms with van der Waals surface area (Å²) in [5, 5.41) is 5.59.